The molecule has 8 nitrogen and oxygen atoms in total. The number of halogens is 4. The fraction of sp³-hybridized carbons (Fsp3) is 0.208. The lowest BCUT2D eigenvalue weighted by Gasteiger charge is -2.12. The van der Waals surface area contributed by atoms with Crippen LogP contribution in [-0.4, -0.2) is 33.2 Å². The van der Waals surface area contributed by atoms with Crippen LogP contribution in [0, 0.1) is 12.7 Å². The van der Waals surface area contributed by atoms with Crippen LogP contribution >= 0.6 is 11.8 Å². The highest BCUT2D eigenvalue weighted by Crippen LogP contribution is 2.36. The molecule has 3 N–H and O–H groups in total. The normalized spacial score (nSPS) is 15.1. The number of ether oxygens (including phenoxy) is 1. The van der Waals surface area contributed by atoms with Gasteiger partial charge in [0.15, 0.2) is 5.78 Å². The smallest absolute Gasteiger partial charge is 0.406 e. The lowest BCUT2D eigenvalue weighted by Crippen LogP contribution is -2.28. The fourth-order valence-electron chi connectivity index (χ4n) is 3.87. The van der Waals surface area contributed by atoms with Gasteiger partial charge in [-0.1, -0.05) is 12.1 Å². The molecule has 0 bridgehead atoms. The number of rotatable bonds is 4. The van der Waals surface area contributed by atoms with Crippen molar-refractivity contribution in [3.63, 3.8) is 0 Å². The number of carbonyl (C=O) groups excluding carboxylic acids is 2. The highest BCUT2D eigenvalue weighted by atomic mass is 32.2. The number of hydrogen-bond donors (Lipinski definition) is 2. The number of alkyl halides is 3. The van der Waals surface area contributed by atoms with E-state index in [0.717, 1.165) is 28.6 Å². The molecule has 13 heteroatoms. The van der Waals surface area contributed by atoms with E-state index in [0.29, 0.717) is 5.69 Å². The van der Waals surface area contributed by atoms with Crippen LogP contribution in [0.25, 0.3) is 5.69 Å². The summed E-state index contributed by atoms with van der Waals surface area (Å²) in [6.07, 6.45) is -4.83. The number of Topliss-reactive ketones (excluding diaryl/α,β-unsaturated/α-hetero) is 1. The molecule has 0 saturated carbocycles. The van der Waals surface area contributed by atoms with Crippen molar-refractivity contribution in [3.05, 3.63) is 81.2 Å². The number of para-hydroxylation sites is 1. The monoisotopic (exact) mass is 536 g/mol. The first-order chi connectivity index (χ1) is 17.4. The highest BCUT2D eigenvalue weighted by Gasteiger charge is 2.32. The van der Waals surface area contributed by atoms with Crippen molar-refractivity contribution >= 4 is 29.1 Å². The number of hydrogen-bond acceptors (Lipinski definition) is 6. The molecule has 0 unspecified atom stereocenters. The average Bonchev–Trinajstić information content (AvgIpc) is 2.94. The quantitative estimate of drug-likeness (QED) is 0.385. The summed E-state index contributed by atoms with van der Waals surface area (Å²) < 4.78 is 58.3. The van der Waals surface area contributed by atoms with E-state index in [1.54, 1.807) is 13.0 Å². The van der Waals surface area contributed by atoms with Crippen molar-refractivity contribution in [1.29, 1.82) is 0 Å². The number of nitrogens with zero attached hydrogens (tertiary/aromatic N) is 2. The van der Waals surface area contributed by atoms with E-state index in [1.165, 1.54) is 36.0 Å². The van der Waals surface area contributed by atoms with E-state index in [-0.39, 0.29) is 39.6 Å². The van der Waals surface area contributed by atoms with E-state index >= 15 is 0 Å². The Morgan fingerprint density at radius 2 is 1.86 bits per heavy atom. The Hall–Kier alpha value is -4.00. The zero-order valence-corrected chi connectivity index (χ0v) is 20.3. The zero-order valence-electron chi connectivity index (χ0n) is 19.5. The van der Waals surface area contributed by atoms with Gasteiger partial charge < -0.3 is 15.8 Å². The molecular weight excluding hydrogens is 516 g/mol. The predicted octanol–water partition coefficient (Wildman–Crippen LogP) is 4.05. The SMILES string of the molecule is Cc1c(NC(=O)C(N)=C2CCSc3cc(OC(F)(F)F)ccc3C2=O)c(=O)n(-c2ccccc2F)n1C. The third kappa shape index (κ3) is 5.12. The van der Waals surface area contributed by atoms with E-state index < -0.39 is 40.9 Å². The number of aromatic nitrogens is 2. The minimum atomic E-state index is -4.89. The summed E-state index contributed by atoms with van der Waals surface area (Å²) >= 11 is 1.12. The van der Waals surface area contributed by atoms with Crippen LogP contribution in [0.1, 0.15) is 22.5 Å². The van der Waals surface area contributed by atoms with Gasteiger partial charge in [-0.25, -0.2) is 9.07 Å². The molecule has 194 valence electrons. The fourth-order valence-corrected chi connectivity index (χ4v) is 4.91. The molecule has 4 rings (SSSR count). The van der Waals surface area contributed by atoms with Gasteiger partial charge in [-0.2, -0.15) is 0 Å². The van der Waals surface area contributed by atoms with Gasteiger partial charge in [0.25, 0.3) is 11.5 Å². The second-order valence-electron chi connectivity index (χ2n) is 8.03. The summed E-state index contributed by atoms with van der Waals surface area (Å²) in [6, 6.07) is 8.90. The van der Waals surface area contributed by atoms with Gasteiger partial charge in [0, 0.05) is 28.8 Å². The Kier molecular flexibility index (Phi) is 6.91. The molecule has 1 amide bonds. The van der Waals surface area contributed by atoms with E-state index in [1.807, 2.05) is 0 Å². The summed E-state index contributed by atoms with van der Waals surface area (Å²) in [6.45, 7) is 1.54. The summed E-state index contributed by atoms with van der Waals surface area (Å²) in [5.41, 5.74) is 5.06. The summed E-state index contributed by atoms with van der Waals surface area (Å²) in [5.74, 6) is -2.41. The van der Waals surface area contributed by atoms with Crippen LogP contribution in [0.5, 0.6) is 5.75 Å². The minimum Gasteiger partial charge on any atom is -0.406 e. The molecule has 0 aliphatic carbocycles. The molecule has 3 aromatic rings. The third-order valence-corrected chi connectivity index (χ3v) is 6.81. The Bertz CT molecular complexity index is 1510. The van der Waals surface area contributed by atoms with Crippen LogP contribution in [0.4, 0.5) is 23.2 Å². The molecule has 2 aromatic carbocycles. The highest BCUT2D eigenvalue weighted by molar-refractivity contribution is 7.99. The third-order valence-electron chi connectivity index (χ3n) is 5.76. The Labute approximate surface area is 211 Å². The number of thioether (sulfide) groups is 1. The standard InChI is InChI=1S/C24H20F4N4O4S/c1-12-20(23(35)32(31(12)2)17-6-4-3-5-16(17)25)30-22(34)19(29)15-9-10-37-18-11-13(36-24(26,27)28)7-8-14(18)21(15)33/h3-8,11H,9-10,29H2,1-2H3,(H,30,34). The first-order valence-electron chi connectivity index (χ1n) is 10.8. The maximum absolute atomic E-state index is 14.3. The lowest BCUT2D eigenvalue weighted by molar-refractivity contribution is -0.274. The van der Waals surface area contributed by atoms with Crippen LogP contribution < -0.4 is 21.3 Å². The zero-order chi connectivity index (χ0) is 27.1. The van der Waals surface area contributed by atoms with Crippen molar-refractivity contribution in [2.75, 3.05) is 11.1 Å². The number of benzene rings is 2. The number of amides is 1. The molecule has 2 heterocycles. The molecular formula is C24H20F4N4O4S. The van der Waals surface area contributed by atoms with Crippen LogP contribution in [0.2, 0.25) is 0 Å². The maximum Gasteiger partial charge on any atom is 0.573 e. The second kappa shape index (κ2) is 9.81. The molecule has 1 aliphatic rings. The van der Waals surface area contributed by atoms with Crippen molar-refractivity contribution in [2.24, 2.45) is 12.8 Å². The molecule has 0 saturated heterocycles. The van der Waals surface area contributed by atoms with Crippen LogP contribution in [0.3, 0.4) is 0 Å². The number of allylic oxidation sites excluding steroid dienone is 1. The van der Waals surface area contributed by atoms with Crippen molar-refractivity contribution in [2.45, 2.75) is 24.6 Å². The molecule has 0 atom stereocenters. The summed E-state index contributed by atoms with van der Waals surface area (Å²) in [5, 5.41) is 2.42. The molecule has 1 aromatic heterocycles. The predicted molar refractivity (Wildman–Crippen MR) is 128 cm³/mol. The summed E-state index contributed by atoms with van der Waals surface area (Å²) in [4.78, 5) is 39.4. The number of anilines is 1. The number of fused-ring (bicyclic) bond motifs is 1. The number of carbonyl (C=O) groups is 2. The van der Waals surface area contributed by atoms with Crippen LogP contribution in [-0.2, 0) is 11.8 Å². The van der Waals surface area contributed by atoms with Crippen molar-refractivity contribution in [1.82, 2.24) is 9.36 Å². The Morgan fingerprint density at radius 1 is 1.16 bits per heavy atom. The molecule has 0 spiro atoms. The molecule has 0 radical (unpaired) electrons. The number of nitrogens with one attached hydrogen (secondary N) is 1. The second-order valence-corrected chi connectivity index (χ2v) is 9.17. The lowest BCUT2D eigenvalue weighted by atomic mass is 9.99. The number of ketones is 1. The van der Waals surface area contributed by atoms with Crippen molar-refractivity contribution < 1.29 is 31.9 Å². The largest absolute Gasteiger partial charge is 0.573 e. The maximum atomic E-state index is 14.3. The molecule has 37 heavy (non-hydrogen) atoms. The Morgan fingerprint density at radius 3 is 2.54 bits per heavy atom. The van der Waals surface area contributed by atoms with Crippen LogP contribution in [0.15, 0.2) is 63.4 Å². The van der Waals surface area contributed by atoms with Gasteiger partial charge in [0.2, 0.25) is 0 Å². The summed E-state index contributed by atoms with van der Waals surface area (Å²) in [7, 11) is 1.51. The van der Waals surface area contributed by atoms with Gasteiger partial charge in [-0.15, -0.1) is 24.9 Å². The average molecular weight is 537 g/mol. The van der Waals surface area contributed by atoms with Gasteiger partial charge in [0.1, 0.15) is 28.6 Å². The van der Waals surface area contributed by atoms with E-state index in [9.17, 15) is 31.9 Å². The Balaban J connectivity index is 1.65. The minimum absolute atomic E-state index is 0.0219. The van der Waals surface area contributed by atoms with Gasteiger partial charge in [-0.05, 0) is 43.7 Å². The first kappa shape index (κ1) is 26.1. The van der Waals surface area contributed by atoms with Crippen molar-refractivity contribution in [3.8, 4) is 11.4 Å². The molecule has 0 fully saturated rings. The molecule has 1 aliphatic heterocycles. The first-order valence-corrected chi connectivity index (χ1v) is 11.8. The van der Waals surface area contributed by atoms with Gasteiger partial charge in [0.05, 0.1) is 5.69 Å². The van der Waals surface area contributed by atoms with Gasteiger partial charge >= 0.3 is 6.36 Å². The topological polar surface area (TPSA) is 108 Å². The van der Waals surface area contributed by atoms with E-state index in [2.05, 4.69) is 10.1 Å². The number of nitrogens with two attached hydrogens (primary N) is 1. The van der Waals surface area contributed by atoms with E-state index in [4.69, 9.17) is 5.73 Å². The van der Waals surface area contributed by atoms with Gasteiger partial charge in [-0.3, -0.25) is 19.1 Å².